The molecule has 0 bridgehead atoms. The molecule has 0 aromatic rings. The largest absolute Gasteiger partial charge is 0.378 e. The summed E-state index contributed by atoms with van der Waals surface area (Å²) in [6.07, 6.45) is 2.49. The number of carbonyl (C=O) groups is 2. The van der Waals surface area contributed by atoms with Gasteiger partial charge in [0.05, 0.1) is 26.3 Å². The fourth-order valence-electron chi connectivity index (χ4n) is 3.43. The van der Waals surface area contributed by atoms with Gasteiger partial charge in [0.2, 0.25) is 11.8 Å². The molecule has 136 valence electrons. The van der Waals surface area contributed by atoms with Crippen LogP contribution >= 0.6 is 0 Å². The van der Waals surface area contributed by atoms with Gasteiger partial charge in [0, 0.05) is 45.3 Å². The van der Waals surface area contributed by atoms with Crippen LogP contribution < -0.4 is 5.32 Å². The highest BCUT2D eigenvalue weighted by Crippen LogP contribution is 2.32. The Balaban J connectivity index is 1.33. The molecule has 0 spiro atoms. The van der Waals surface area contributed by atoms with Crippen molar-refractivity contribution in [1.29, 1.82) is 0 Å². The van der Waals surface area contributed by atoms with E-state index < -0.39 is 0 Å². The Morgan fingerprint density at radius 1 is 1.00 bits per heavy atom. The molecule has 0 aromatic heterocycles. The van der Waals surface area contributed by atoms with Crippen LogP contribution in [0.25, 0.3) is 0 Å². The molecule has 7 nitrogen and oxygen atoms in total. The fraction of sp³-hybridized carbons (Fsp3) is 0.882. The number of carbonyl (C=O) groups excluding carboxylic acids is 2. The summed E-state index contributed by atoms with van der Waals surface area (Å²) in [6.45, 7) is 9.16. The predicted octanol–water partition coefficient (Wildman–Crippen LogP) is -0.622. The van der Waals surface area contributed by atoms with Gasteiger partial charge in [-0.25, -0.2) is 0 Å². The van der Waals surface area contributed by atoms with Crippen LogP contribution in [0.5, 0.6) is 0 Å². The van der Waals surface area contributed by atoms with Crippen LogP contribution in [0.15, 0.2) is 0 Å². The molecule has 3 aliphatic rings. The maximum absolute atomic E-state index is 12.3. The lowest BCUT2D eigenvalue weighted by molar-refractivity contribution is -0.137. The third kappa shape index (κ3) is 5.16. The quantitative estimate of drug-likeness (QED) is 0.699. The van der Waals surface area contributed by atoms with Gasteiger partial charge in [-0.15, -0.1) is 0 Å². The number of piperazine rings is 1. The van der Waals surface area contributed by atoms with Crippen molar-refractivity contribution in [2.24, 2.45) is 5.92 Å². The summed E-state index contributed by atoms with van der Waals surface area (Å²) >= 11 is 0. The molecular weight excluding hydrogens is 308 g/mol. The normalized spacial score (nSPS) is 24.6. The molecule has 0 radical (unpaired) electrons. The van der Waals surface area contributed by atoms with Crippen LogP contribution in [0.4, 0.5) is 0 Å². The van der Waals surface area contributed by atoms with Gasteiger partial charge in [0.15, 0.2) is 0 Å². The van der Waals surface area contributed by atoms with E-state index in [0.29, 0.717) is 51.4 Å². The summed E-state index contributed by atoms with van der Waals surface area (Å²) in [6, 6.07) is 0.310. The molecule has 3 fully saturated rings. The number of morpholine rings is 1. The number of nitrogens with one attached hydrogen (secondary N) is 1. The first-order valence-electron chi connectivity index (χ1n) is 9.21. The van der Waals surface area contributed by atoms with Crippen LogP contribution in [0.2, 0.25) is 0 Å². The fourth-order valence-corrected chi connectivity index (χ4v) is 3.43. The van der Waals surface area contributed by atoms with Crippen LogP contribution in [0, 0.1) is 5.92 Å². The van der Waals surface area contributed by atoms with Crippen molar-refractivity contribution in [1.82, 2.24) is 20.0 Å². The van der Waals surface area contributed by atoms with E-state index >= 15 is 0 Å². The standard InChI is InChI=1S/C17H30N4O3/c1-14(15-2-3-15)18-16(22)12-19-4-6-20(7-5-19)13-17(23)21-8-10-24-11-9-21/h14-15H,2-13H2,1H3,(H,18,22). The Labute approximate surface area is 144 Å². The molecule has 1 N–H and O–H groups in total. The van der Waals surface area contributed by atoms with E-state index in [0.717, 1.165) is 26.2 Å². The van der Waals surface area contributed by atoms with Gasteiger partial charge in [-0.05, 0) is 25.7 Å². The van der Waals surface area contributed by atoms with Crippen molar-refractivity contribution < 1.29 is 14.3 Å². The zero-order chi connectivity index (χ0) is 16.9. The van der Waals surface area contributed by atoms with E-state index in [-0.39, 0.29) is 11.8 Å². The maximum atomic E-state index is 12.3. The third-order valence-corrected chi connectivity index (χ3v) is 5.27. The van der Waals surface area contributed by atoms with E-state index in [4.69, 9.17) is 4.74 Å². The minimum Gasteiger partial charge on any atom is -0.378 e. The van der Waals surface area contributed by atoms with Gasteiger partial charge in [-0.3, -0.25) is 19.4 Å². The second kappa shape index (κ2) is 8.27. The number of amides is 2. The van der Waals surface area contributed by atoms with Crippen molar-refractivity contribution in [2.75, 3.05) is 65.6 Å². The molecule has 0 aromatic carbocycles. The highest BCUT2D eigenvalue weighted by molar-refractivity contribution is 5.79. The summed E-state index contributed by atoms with van der Waals surface area (Å²) in [4.78, 5) is 30.6. The summed E-state index contributed by atoms with van der Waals surface area (Å²) < 4.78 is 5.28. The van der Waals surface area contributed by atoms with Crippen LogP contribution in [0.3, 0.4) is 0 Å². The van der Waals surface area contributed by atoms with Crippen molar-refractivity contribution in [3.8, 4) is 0 Å². The second-order valence-corrected chi connectivity index (χ2v) is 7.24. The van der Waals surface area contributed by atoms with Gasteiger partial charge >= 0.3 is 0 Å². The van der Waals surface area contributed by atoms with E-state index in [1.165, 1.54) is 12.8 Å². The first-order valence-corrected chi connectivity index (χ1v) is 9.21. The van der Waals surface area contributed by atoms with Crippen LogP contribution in [0.1, 0.15) is 19.8 Å². The molecule has 2 heterocycles. The predicted molar refractivity (Wildman–Crippen MR) is 90.6 cm³/mol. The topological polar surface area (TPSA) is 65.1 Å². The molecule has 3 rings (SSSR count). The van der Waals surface area contributed by atoms with Gasteiger partial charge in [0.1, 0.15) is 0 Å². The zero-order valence-corrected chi connectivity index (χ0v) is 14.7. The second-order valence-electron chi connectivity index (χ2n) is 7.24. The Morgan fingerprint density at radius 2 is 1.58 bits per heavy atom. The SMILES string of the molecule is CC(NC(=O)CN1CCN(CC(=O)N2CCOCC2)CC1)C1CC1. The van der Waals surface area contributed by atoms with Gasteiger partial charge in [-0.2, -0.15) is 0 Å². The van der Waals surface area contributed by atoms with E-state index in [1.807, 2.05) is 4.90 Å². The van der Waals surface area contributed by atoms with E-state index in [9.17, 15) is 9.59 Å². The number of ether oxygens (including phenoxy) is 1. The average Bonchev–Trinajstić information content (AvgIpc) is 3.42. The lowest BCUT2D eigenvalue weighted by Crippen LogP contribution is -2.53. The molecular formula is C17H30N4O3. The summed E-state index contributed by atoms with van der Waals surface area (Å²) in [7, 11) is 0. The molecule has 2 saturated heterocycles. The highest BCUT2D eigenvalue weighted by atomic mass is 16.5. The van der Waals surface area contributed by atoms with E-state index in [2.05, 4.69) is 22.0 Å². The molecule has 24 heavy (non-hydrogen) atoms. The van der Waals surface area contributed by atoms with Crippen molar-refractivity contribution in [2.45, 2.75) is 25.8 Å². The first kappa shape index (κ1) is 17.6. The minimum atomic E-state index is 0.132. The number of nitrogens with zero attached hydrogens (tertiary/aromatic N) is 3. The number of rotatable bonds is 6. The Hall–Kier alpha value is -1.18. The Bertz CT molecular complexity index is 441. The number of hydrogen-bond acceptors (Lipinski definition) is 5. The molecule has 1 aliphatic carbocycles. The summed E-state index contributed by atoms with van der Waals surface area (Å²) in [5, 5.41) is 3.11. The van der Waals surface area contributed by atoms with Crippen molar-refractivity contribution in [3.05, 3.63) is 0 Å². The monoisotopic (exact) mass is 338 g/mol. The zero-order valence-electron chi connectivity index (χ0n) is 14.7. The van der Waals surface area contributed by atoms with Gasteiger partial charge in [0.25, 0.3) is 0 Å². The Kier molecular flexibility index (Phi) is 6.08. The Morgan fingerprint density at radius 3 is 2.17 bits per heavy atom. The summed E-state index contributed by atoms with van der Waals surface area (Å²) in [5.41, 5.74) is 0. The minimum absolute atomic E-state index is 0.132. The molecule has 1 saturated carbocycles. The maximum Gasteiger partial charge on any atom is 0.236 e. The third-order valence-electron chi connectivity index (χ3n) is 5.27. The first-order chi connectivity index (χ1) is 11.6. The molecule has 2 aliphatic heterocycles. The lowest BCUT2D eigenvalue weighted by Gasteiger charge is -2.35. The molecule has 1 atom stereocenters. The van der Waals surface area contributed by atoms with Crippen LogP contribution in [-0.2, 0) is 14.3 Å². The molecule has 1 unspecified atom stereocenters. The highest BCUT2D eigenvalue weighted by Gasteiger charge is 2.29. The van der Waals surface area contributed by atoms with Crippen molar-refractivity contribution in [3.63, 3.8) is 0 Å². The van der Waals surface area contributed by atoms with Crippen molar-refractivity contribution >= 4 is 11.8 Å². The lowest BCUT2D eigenvalue weighted by atomic mass is 10.2. The molecule has 7 heteroatoms. The van der Waals surface area contributed by atoms with Crippen LogP contribution in [-0.4, -0.2) is 98.1 Å². The number of hydrogen-bond donors (Lipinski definition) is 1. The molecule has 2 amide bonds. The average molecular weight is 338 g/mol. The summed E-state index contributed by atoms with van der Waals surface area (Å²) in [5.74, 6) is 1.02. The smallest absolute Gasteiger partial charge is 0.236 e. The van der Waals surface area contributed by atoms with Gasteiger partial charge in [-0.1, -0.05) is 0 Å². The van der Waals surface area contributed by atoms with E-state index in [1.54, 1.807) is 0 Å². The van der Waals surface area contributed by atoms with Gasteiger partial charge < -0.3 is 15.0 Å².